The number of aliphatic hydroxyl groups is 1. The predicted octanol–water partition coefficient (Wildman–Crippen LogP) is 3.43. The van der Waals surface area contributed by atoms with Crippen LogP contribution < -0.4 is 10.6 Å². The van der Waals surface area contributed by atoms with Gasteiger partial charge >= 0.3 is 12.1 Å². The smallest absolute Gasteiger partial charge is 0.407 e. The number of alkyl carbamates (subject to hydrolysis) is 1. The van der Waals surface area contributed by atoms with Gasteiger partial charge in [0.1, 0.15) is 6.61 Å². The van der Waals surface area contributed by atoms with Crippen LogP contribution in [0.5, 0.6) is 0 Å². The number of aliphatic carboxylic acids is 1. The quantitative estimate of drug-likeness (QED) is 0.459. The maximum absolute atomic E-state index is 12.6. The number of amides is 2. The van der Waals surface area contributed by atoms with E-state index in [4.69, 9.17) is 9.84 Å². The minimum absolute atomic E-state index is 0.0170. The lowest BCUT2D eigenvalue weighted by Gasteiger charge is -2.30. The molecule has 2 aromatic rings. The summed E-state index contributed by atoms with van der Waals surface area (Å²) in [6.07, 6.45) is 1.72. The van der Waals surface area contributed by atoms with Gasteiger partial charge in [0.25, 0.3) is 0 Å². The molecule has 1 saturated carbocycles. The Balaban J connectivity index is 1.28. The van der Waals surface area contributed by atoms with Crippen molar-refractivity contribution in [1.29, 1.82) is 0 Å². The molecule has 4 N–H and O–H groups in total. The topological polar surface area (TPSA) is 125 Å². The van der Waals surface area contributed by atoms with Crippen LogP contribution >= 0.6 is 0 Å². The lowest BCUT2D eigenvalue weighted by atomic mass is 9.85. The number of hydrogen-bond donors (Lipinski definition) is 4. The van der Waals surface area contributed by atoms with Gasteiger partial charge < -0.3 is 25.6 Å². The Morgan fingerprint density at radius 2 is 1.66 bits per heavy atom. The van der Waals surface area contributed by atoms with Crippen molar-refractivity contribution in [1.82, 2.24) is 10.6 Å². The van der Waals surface area contributed by atoms with Crippen LogP contribution in [0.3, 0.4) is 0 Å². The number of carbonyl (C=O) groups is 3. The van der Waals surface area contributed by atoms with Crippen LogP contribution in [0.1, 0.15) is 56.1 Å². The Labute approximate surface area is 204 Å². The van der Waals surface area contributed by atoms with E-state index in [0.29, 0.717) is 12.8 Å². The number of rotatable bonds is 8. The molecule has 2 aliphatic rings. The van der Waals surface area contributed by atoms with Crippen molar-refractivity contribution >= 4 is 18.0 Å². The zero-order valence-corrected chi connectivity index (χ0v) is 19.8. The predicted molar refractivity (Wildman–Crippen MR) is 130 cm³/mol. The van der Waals surface area contributed by atoms with E-state index < -0.39 is 24.1 Å². The van der Waals surface area contributed by atoms with Crippen molar-refractivity contribution < 1.29 is 29.3 Å². The van der Waals surface area contributed by atoms with Gasteiger partial charge in [-0.1, -0.05) is 55.0 Å². The van der Waals surface area contributed by atoms with Crippen molar-refractivity contribution in [2.45, 2.75) is 56.6 Å². The first-order valence-electron chi connectivity index (χ1n) is 12.1. The summed E-state index contributed by atoms with van der Waals surface area (Å²) in [6, 6.07) is 16.1. The molecule has 0 heterocycles. The molecule has 8 nitrogen and oxygen atoms in total. The molecule has 35 heavy (non-hydrogen) atoms. The number of ether oxygens (including phenoxy) is 1. The average Bonchev–Trinajstić information content (AvgIpc) is 3.14. The lowest BCUT2D eigenvalue weighted by molar-refractivity contribution is -0.142. The van der Waals surface area contributed by atoms with Crippen LogP contribution in [0.15, 0.2) is 48.5 Å². The molecule has 186 valence electrons. The van der Waals surface area contributed by atoms with Gasteiger partial charge in [0.15, 0.2) is 0 Å². The highest BCUT2D eigenvalue weighted by Crippen LogP contribution is 2.44. The van der Waals surface area contributed by atoms with E-state index in [0.717, 1.165) is 24.0 Å². The standard InChI is InChI=1S/C27H32N2O6/c1-27(34,14-24(30)31)16-28-25(32)17-7-6-8-18(13-17)29-26(33)35-15-23-21-11-4-2-9-19(21)20-10-3-5-12-22(20)23/h2-5,9-12,17-18,23,34H,6-8,13-16H2,1H3,(H,28,32)(H,29,33)(H,30,31)/t17-,18+,27?/m1/s1. The molecule has 0 spiro atoms. The number of fused-ring (bicyclic) bond motifs is 3. The van der Waals surface area contributed by atoms with Crippen LogP contribution in [0.2, 0.25) is 0 Å². The van der Waals surface area contributed by atoms with Crippen molar-refractivity contribution in [3.05, 3.63) is 59.7 Å². The fourth-order valence-electron chi connectivity index (χ4n) is 5.18. The lowest BCUT2D eigenvalue weighted by Crippen LogP contribution is -2.46. The van der Waals surface area contributed by atoms with Gasteiger partial charge in [-0.15, -0.1) is 0 Å². The zero-order valence-electron chi connectivity index (χ0n) is 19.8. The maximum Gasteiger partial charge on any atom is 0.407 e. The molecule has 0 aliphatic heterocycles. The third-order valence-electron chi connectivity index (χ3n) is 6.89. The summed E-state index contributed by atoms with van der Waals surface area (Å²) in [4.78, 5) is 36.0. The number of benzene rings is 2. The Morgan fingerprint density at radius 1 is 1.03 bits per heavy atom. The van der Waals surface area contributed by atoms with E-state index in [1.807, 2.05) is 24.3 Å². The number of carboxylic acid groups (broad SMARTS) is 1. The zero-order chi connectivity index (χ0) is 25.0. The van der Waals surface area contributed by atoms with Gasteiger partial charge in [-0.3, -0.25) is 9.59 Å². The Bertz CT molecular complexity index is 1050. The third-order valence-corrected chi connectivity index (χ3v) is 6.89. The van der Waals surface area contributed by atoms with Crippen molar-refractivity contribution in [2.75, 3.05) is 13.2 Å². The van der Waals surface area contributed by atoms with Crippen LogP contribution in [0, 0.1) is 5.92 Å². The monoisotopic (exact) mass is 480 g/mol. The van der Waals surface area contributed by atoms with E-state index in [1.54, 1.807) is 0 Å². The maximum atomic E-state index is 12.6. The Kier molecular flexibility index (Phi) is 7.40. The Hall–Kier alpha value is -3.39. The van der Waals surface area contributed by atoms with Gasteiger partial charge in [-0.05, 0) is 48.4 Å². The molecule has 2 aromatic carbocycles. The number of carboxylic acids is 1. The summed E-state index contributed by atoms with van der Waals surface area (Å²) in [5.74, 6) is -1.70. The molecule has 1 unspecified atom stereocenters. The molecule has 8 heteroatoms. The third kappa shape index (κ3) is 6.00. The summed E-state index contributed by atoms with van der Waals surface area (Å²) in [5.41, 5.74) is 3.11. The van der Waals surface area contributed by atoms with Crippen molar-refractivity contribution in [2.24, 2.45) is 5.92 Å². The second-order valence-electron chi connectivity index (χ2n) is 9.82. The van der Waals surface area contributed by atoms with E-state index >= 15 is 0 Å². The molecule has 0 aromatic heterocycles. The summed E-state index contributed by atoms with van der Waals surface area (Å²) in [6.45, 7) is 1.47. The minimum atomic E-state index is -1.52. The summed E-state index contributed by atoms with van der Waals surface area (Å²) < 4.78 is 5.63. The van der Waals surface area contributed by atoms with E-state index in [-0.39, 0.29) is 36.9 Å². The highest BCUT2D eigenvalue weighted by molar-refractivity contribution is 5.80. The molecule has 2 amide bonds. The van der Waals surface area contributed by atoms with Crippen molar-refractivity contribution in [3.63, 3.8) is 0 Å². The summed E-state index contributed by atoms with van der Waals surface area (Å²) in [7, 11) is 0. The first-order valence-corrected chi connectivity index (χ1v) is 12.1. The fraction of sp³-hybridized carbons (Fsp3) is 0.444. The van der Waals surface area contributed by atoms with Gasteiger partial charge in [0.05, 0.1) is 12.0 Å². The molecular weight excluding hydrogens is 448 g/mol. The number of carbonyl (C=O) groups excluding carboxylic acids is 2. The molecule has 2 aliphatic carbocycles. The molecule has 0 bridgehead atoms. The van der Waals surface area contributed by atoms with Gasteiger partial charge in [-0.2, -0.15) is 0 Å². The van der Waals surface area contributed by atoms with E-state index in [1.165, 1.54) is 18.1 Å². The van der Waals surface area contributed by atoms with E-state index in [2.05, 4.69) is 34.9 Å². The number of nitrogens with one attached hydrogen (secondary N) is 2. The van der Waals surface area contributed by atoms with Crippen LogP contribution in [-0.4, -0.2) is 53.0 Å². The molecule has 0 saturated heterocycles. The van der Waals surface area contributed by atoms with E-state index in [9.17, 15) is 19.5 Å². The second-order valence-corrected chi connectivity index (χ2v) is 9.82. The average molecular weight is 481 g/mol. The molecule has 3 atom stereocenters. The Morgan fingerprint density at radius 3 is 2.29 bits per heavy atom. The highest BCUT2D eigenvalue weighted by Gasteiger charge is 2.32. The fourth-order valence-corrected chi connectivity index (χ4v) is 5.18. The van der Waals surface area contributed by atoms with Crippen LogP contribution in [0.25, 0.3) is 11.1 Å². The first-order chi connectivity index (χ1) is 16.7. The van der Waals surface area contributed by atoms with Gasteiger partial charge in [0.2, 0.25) is 5.91 Å². The second kappa shape index (κ2) is 10.5. The van der Waals surface area contributed by atoms with Gasteiger partial charge in [-0.25, -0.2) is 4.79 Å². The summed E-state index contributed by atoms with van der Waals surface area (Å²) in [5, 5.41) is 24.5. The highest BCUT2D eigenvalue weighted by atomic mass is 16.5. The number of hydrogen-bond acceptors (Lipinski definition) is 5. The minimum Gasteiger partial charge on any atom is -0.481 e. The molecule has 0 radical (unpaired) electrons. The van der Waals surface area contributed by atoms with Crippen LogP contribution in [0.4, 0.5) is 4.79 Å². The van der Waals surface area contributed by atoms with Crippen LogP contribution in [-0.2, 0) is 14.3 Å². The normalized spacial score (nSPS) is 20.7. The van der Waals surface area contributed by atoms with Crippen molar-refractivity contribution in [3.8, 4) is 11.1 Å². The molecular formula is C27H32N2O6. The SMILES string of the molecule is CC(O)(CNC(=O)[C@@H]1CCC[C@H](NC(=O)OCC2c3ccccc3-c3ccccc32)C1)CC(=O)O. The molecule has 1 fully saturated rings. The largest absolute Gasteiger partial charge is 0.481 e. The summed E-state index contributed by atoms with van der Waals surface area (Å²) >= 11 is 0. The van der Waals surface area contributed by atoms with Gasteiger partial charge in [0, 0.05) is 24.4 Å². The first kappa shape index (κ1) is 24.7. The molecule has 4 rings (SSSR count).